The van der Waals surface area contributed by atoms with E-state index in [-0.39, 0.29) is 5.82 Å². The Balaban J connectivity index is 0.000000233. The maximum Gasteiger partial charge on any atom is 0.416 e. The minimum absolute atomic E-state index is 0.339. The molecule has 188 valence electrons. The summed E-state index contributed by atoms with van der Waals surface area (Å²) in [4.78, 5) is 3.87. The zero-order valence-corrected chi connectivity index (χ0v) is 19.5. The van der Waals surface area contributed by atoms with Gasteiger partial charge >= 0.3 is 12.4 Å². The van der Waals surface area contributed by atoms with Gasteiger partial charge in [-0.2, -0.15) is 26.3 Å². The Morgan fingerprint density at radius 1 is 0.833 bits per heavy atom. The first kappa shape index (κ1) is 27.3. The summed E-state index contributed by atoms with van der Waals surface area (Å²) in [6.07, 6.45) is -3.58. The topological polar surface area (TPSA) is 17.8 Å². The molecule has 0 bridgehead atoms. The van der Waals surface area contributed by atoms with Crippen LogP contribution < -0.4 is 10.9 Å². The van der Waals surface area contributed by atoms with Crippen molar-refractivity contribution in [2.75, 3.05) is 0 Å². The Kier molecular flexibility index (Phi) is 8.50. The minimum Gasteiger partial charge on any atom is -0.305 e. The quantitative estimate of drug-likeness (QED) is 0.206. The van der Waals surface area contributed by atoms with Crippen LogP contribution in [0.3, 0.4) is 0 Å². The average molecular weight is 527 g/mol. The standard InChI is InChI=1S/C16H13BF6.C9H6ClFN2/c1-2-17(13-7-3-5-11(9-13)15(18,19)20)14-8-4-6-12(10-14)16(21,22)23;10-8-5-7(11)1-2-9(8)13-4-3-12-6-13/h3-10H,2H2,1H3;1-6H. The second-order valence-corrected chi connectivity index (χ2v) is 8.18. The maximum atomic E-state index is 12.8. The summed E-state index contributed by atoms with van der Waals surface area (Å²) in [5.74, 6) is -0.339. The van der Waals surface area contributed by atoms with Crippen molar-refractivity contribution in [3.05, 3.63) is 107 Å². The van der Waals surface area contributed by atoms with Gasteiger partial charge in [-0.1, -0.05) is 84.3 Å². The molecule has 1 aromatic heterocycles. The van der Waals surface area contributed by atoms with Gasteiger partial charge in [-0.3, -0.25) is 0 Å². The number of nitrogens with zero attached hydrogens (tertiary/aromatic N) is 2. The van der Waals surface area contributed by atoms with Crippen LogP contribution in [0.25, 0.3) is 5.69 Å². The molecule has 0 spiro atoms. The van der Waals surface area contributed by atoms with E-state index in [1.54, 1.807) is 36.3 Å². The number of benzene rings is 3. The summed E-state index contributed by atoms with van der Waals surface area (Å²) in [7, 11) is 0. The third kappa shape index (κ3) is 6.90. The Morgan fingerprint density at radius 2 is 1.39 bits per heavy atom. The molecular weight excluding hydrogens is 508 g/mol. The molecule has 0 saturated carbocycles. The fourth-order valence-electron chi connectivity index (χ4n) is 3.62. The van der Waals surface area contributed by atoms with Crippen molar-refractivity contribution >= 4 is 29.2 Å². The summed E-state index contributed by atoms with van der Waals surface area (Å²) in [6.45, 7) is 1.20. The second kappa shape index (κ2) is 11.2. The fourth-order valence-corrected chi connectivity index (χ4v) is 3.88. The summed E-state index contributed by atoms with van der Waals surface area (Å²) in [5.41, 5.74) is -0.190. The molecule has 0 radical (unpaired) electrons. The third-order valence-electron chi connectivity index (χ3n) is 5.33. The molecule has 0 unspecified atom stereocenters. The molecule has 0 N–H and O–H groups in total. The lowest BCUT2D eigenvalue weighted by atomic mass is 9.39. The van der Waals surface area contributed by atoms with Crippen LogP contribution >= 0.6 is 11.6 Å². The molecule has 0 aliphatic heterocycles. The lowest BCUT2D eigenvalue weighted by Crippen LogP contribution is -2.42. The van der Waals surface area contributed by atoms with Crippen LogP contribution in [0.15, 0.2) is 85.5 Å². The molecule has 2 nitrogen and oxygen atoms in total. The monoisotopic (exact) mass is 526 g/mol. The molecule has 0 atom stereocenters. The summed E-state index contributed by atoms with van der Waals surface area (Å²) in [6, 6.07) is 13.7. The van der Waals surface area contributed by atoms with E-state index in [0.29, 0.717) is 22.3 Å². The smallest absolute Gasteiger partial charge is 0.305 e. The van der Waals surface area contributed by atoms with Gasteiger partial charge in [0.25, 0.3) is 0 Å². The van der Waals surface area contributed by atoms with Gasteiger partial charge in [0.2, 0.25) is 6.71 Å². The van der Waals surface area contributed by atoms with Crippen molar-refractivity contribution in [1.82, 2.24) is 9.55 Å². The molecule has 0 fully saturated rings. The molecule has 36 heavy (non-hydrogen) atoms. The summed E-state index contributed by atoms with van der Waals surface area (Å²) in [5, 5.41) is 0.373. The first-order valence-electron chi connectivity index (χ1n) is 10.7. The highest BCUT2D eigenvalue weighted by atomic mass is 35.5. The predicted molar refractivity (Wildman–Crippen MR) is 127 cm³/mol. The molecule has 0 aliphatic carbocycles. The lowest BCUT2D eigenvalue weighted by molar-refractivity contribution is -0.138. The van der Waals surface area contributed by atoms with Crippen LogP contribution in [-0.2, 0) is 12.4 Å². The van der Waals surface area contributed by atoms with E-state index in [0.717, 1.165) is 30.0 Å². The van der Waals surface area contributed by atoms with Crippen molar-refractivity contribution in [3.8, 4) is 5.69 Å². The van der Waals surface area contributed by atoms with Gasteiger partial charge in [-0.05, 0) is 18.2 Å². The fraction of sp³-hybridized carbons (Fsp3) is 0.160. The van der Waals surface area contributed by atoms with Crippen molar-refractivity contribution < 1.29 is 30.7 Å². The Bertz CT molecular complexity index is 1230. The van der Waals surface area contributed by atoms with Crippen molar-refractivity contribution in [1.29, 1.82) is 0 Å². The molecule has 4 rings (SSSR count). The highest BCUT2D eigenvalue weighted by Gasteiger charge is 2.33. The third-order valence-corrected chi connectivity index (χ3v) is 5.64. The largest absolute Gasteiger partial charge is 0.416 e. The van der Waals surface area contributed by atoms with Gasteiger partial charge in [-0.15, -0.1) is 0 Å². The zero-order valence-electron chi connectivity index (χ0n) is 18.8. The first-order chi connectivity index (χ1) is 16.9. The number of rotatable bonds is 4. The molecule has 1 heterocycles. The lowest BCUT2D eigenvalue weighted by Gasteiger charge is -2.16. The Morgan fingerprint density at radius 3 is 1.81 bits per heavy atom. The summed E-state index contributed by atoms with van der Waals surface area (Å²) >= 11 is 5.83. The Labute approximate surface area is 208 Å². The maximum absolute atomic E-state index is 12.8. The molecular formula is C25H19BClF7N2. The zero-order chi connectivity index (χ0) is 26.5. The number of imidazole rings is 1. The van der Waals surface area contributed by atoms with Crippen molar-refractivity contribution in [2.24, 2.45) is 0 Å². The van der Waals surface area contributed by atoms with Crippen LogP contribution in [-0.4, -0.2) is 16.3 Å². The van der Waals surface area contributed by atoms with Gasteiger partial charge in [0.15, 0.2) is 0 Å². The molecule has 11 heteroatoms. The van der Waals surface area contributed by atoms with Crippen molar-refractivity contribution in [2.45, 2.75) is 25.6 Å². The number of hydrogen-bond donors (Lipinski definition) is 0. The van der Waals surface area contributed by atoms with Gasteiger partial charge in [0.05, 0.1) is 28.2 Å². The van der Waals surface area contributed by atoms with E-state index in [4.69, 9.17) is 11.6 Å². The molecule has 0 amide bonds. The van der Waals surface area contributed by atoms with Gasteiger partial charge in [-0.25, -0.2) is 9.37 Å². The van der Waals surface area contributed by atoms with E-state index in [2.05, 4.69) is 4.98 Å². The van der Waals surface area contributed by atoms with E-state index < -0.39 is 30.2 Å². The van der Waals surface area contributed by atoms with Crippen molar-refractivity contribution in [3.63, 3.8) is 0 Å². The molecule has 0 saturated heterocycles. The first-order valence-corrected chi connectivity index (χ1v) is 11.1. The van der Waals surface area contributed by atoms with Crippen LogP contribution in [0.1, 0.15) is 18.1 Å². The normalized spacial score (nSPS) is 11.6. The highest BCUT2D eigenvalue weighted by molar-refractivity contribution is 6.85. The average Bonchev–Trinajstić information content (AvgIpc) is 3.34. The van der Waals surface area contributed by atoms with Crippen LogP contribution in [0, 0.1) is 5.82 Å². The van der Waals surface area contributed by atoms with Gasteiger partial charge in [0, 0.05) is 12.4 Å². The molecule has 3 aromatic carbocycles. The molecule has 0 aliphatic rings. The van der Waals surface area contributed by atoms with Gasteiger partial charge in [0.1, 0.15) is 5.82 Å². The predicted octanol–water partition coefficient (Wildman–Crippen LogP) is 7.02. The van der Waals surface area contributed by atoms with E-state index >= 15 is 0 Å². The van der Waals surface area contributed by atoms with E-state index in [1.807, 2.05) is 0 Å². The molecule has 4 aromatic rings. The Hall–Kier alpha value is -3.27. The summed E-state index contributed by atoms with van der Waals surface area (Å²) < 4.78 is 91.3. The SMILES string of the molecule is CCB(c1cccc(C(F)(F)F)c1)c1cccc(C(F)(F)F)c1.Fc1ccc(-n2ccnc2)c(Cl)c1. The number of alkyl halides is 6. The number of hydrogen-bond acceptors (Lipinski definition) is 1. The number of aromatic nitrogens is 2. The minimum atomic E-state index is -4.48. The van der Waals surface area contributed by atoms with E-state index in [1.165, 1.54) is 36.4 Å². The van der Waals surface area contributed by atoms with E-state index in [9.17, 15) is 30.7 Å². The van der Waals surface area contributed by atoms with Crippen LogP contribution in [0.4, 0.5) is 30.7 Å². The van der Waals surface area contributed by atoms with Crippen LogP contribution in [0.5, 0.6) is 0 Å². The van der Waals surface area contributed by atoms with Gasteiger partial charge < -0.3 is 4.57 Å². The number of halogens is 8. The highest BCUT2D eigenvalue weighted by Crippen LogP contribution is 2.29. The van der Waals surface area contributed by atoms with Crippen LogP contribution in [0.2, 0.25) is 11.3 Å². The second-order valence-electron chi connectivity index (χ2n) is 7.77.